The normalized spacial score (nSPS) is 11.1. The molecule has 0 unspecified atom stereocenters. The van der Waals surface area contributed by atoms with Crippen molar-refractivity contribution in [1.29, 1.82) is 0 Å². The molecule has 0 amide bonds. The van der Waals surface area contributed by atoms with Crippen LogP contribution >= 0.6 is 11.6 Å². The molecule has 0 aliphatic rings. The van der Waals surface area contributed by atoms with Gasteiger partial charge >= 0.3 is 0 Å². The minimum atomic E-state index is 0.362. The van der Waals surface area contributed by atoms with Crippen molar-refractivity contribution >= 4 is 11.6 Å². The molecule has 1 heterocycles. The number of rotatable bonds is 7. The highest BCUT2D eigenvalue weighted by molar-refractivity contribution is 6.30. The molecule has 0 radical (unpaired) electrons. The van der Waals surface area contributed by atoms with Gasteiger partial charge in [0.15, 0.2) is 0 Å². The predicted molar refractivity (Wildman–Crippen MR) is 83.2 cm³/mol. The lowest BCUT2D eigenvalue weighted by atomic mass is 10.1. The molecule has 2 N–H and O–H groups in total. The second kappa shape index (κ2) is 7.43. The molecule has 5 nitrogen and oxygen atoms in total. The molecule has 0 aliphatic heterocycles. The second-order valence-corrected chi connectivity index (χ2v) is 5.77. The predicted octanol–water partition coefficient (Wildman–Crippen LogP) is 3.02. The fourth-order valence-corrected chi connectivity index (χ4v) is 2.05. The smallest absolute Gasteiger partial charge is 0.132 e. The van der Waals surface area contributed by atoms with Crippen molar-refractivity contribution in [2.45, 2.75) is 40.0 Å². The molecule has 1 aromatic carbocycles. The largest absolute Gasteiger partial charge is 0.487 e. The maximum atomic E-state index is 5.86. The van der Waals surface area contributed by atoms with E-state index in [1.165, 1.54) is 0 Å². The van der Waals surface area contributed by atoms with E-state index in [1.807, 2.05) is 16.8 Å². The van der Waals surface area contributed by atoms with Gasteiger partial charge in [0.25, 0.3) is 0 Å². The summed E-state index contributed by atoms with van der Waals surface area (Å²) in [5.41, 5.74) is 7.44. The highest BCUT2D eigenvalue weighted by Gasteiger charge is 2.12. The molecule has 0 atom stereocenters. The first-order valence-corrected chi connectivity index (χ1v) is 7.47. The summed E-state index contributed by atoms with van der Waals surface area (Å²) >= 11 is 5.86. The molecule has 0 bridgehead atoms. The van der Waals surface area contributed by atoms with Crippen LogP contribution in [0.15, 0.2) is 24.3 Å². The number of hydrogen-bond acceptors (Lipinski definition) is 4. The maximum absolute atomic E-state index is 5.86. The summed E-state index contributed by atoms with van der Waals surface area (Å²) in [5.74, 6) is 1.37. The SMILES string of the molecule is CC(C)CCn1nnc(CN)c1COc1ccc(Cl)cc1. The third kappa shape index (κ3) is 4.44. The van der Waals surface area contributed by atoms with E-state index in [-0.39, 0.29) is 0 Å². The van der Waals surface area contributed by atoms with Gasteiger partial charge in [-0.15, -0.1) is 5.10 Å². The Morgan fingerprint density at radius 1 is 1.29 bits per heavy atom. The van der Waals surface area contributed by atoms with Crippen LogP contribution in [0.2, 0.25) is 5.02 Å². The van der Waals surface area contributed by atoms with E-state index in [2.05, 4.69) is 24.2 Å². The Morgan fingerprint density at radius 3 is 2.62 bits per heavy atom. The number of halogens is 1. The third-order valence-electron chi connectivity index (χ3n) is 3.22. The van der Waals surface area contributed by atoms with Gasteiger partial charge < -0.3 is 10.5 Å². The van der Waals surface area contributed by atoms with Crippen molar-refractivity contribution in [3.63, 3.8) is 0 Å². The van der Waals surface area contributed by atoms with Gasteiger partial charge in [-0.25, -0.2) is 4.68 Å². The standard InChI is InChI=1S/C15H21ClN4O/c1-11(2)7-8-20-15(14(9-17)18-19-20)10-21-13-5-3-12(16)4-6-13/h3-6,11H,7-10,17H2,1-2H3. The summed E-state index contributed by atoms with van der Waals surface area (Å²) in [6, 6.07) is 7.28. The highest BCUT2D eigenvalue weighted by Crippen LogP contribution is 2.18. The van der Waals surface area contributed by atoms with Crippen molar-refractivity contribution in [2.24, 2.45) is 11.7 Å². The summed E-state index contributed by atoms with van der Waals surface area (Å²) < 4.78 is 7.67. The summed E-state index contributed by atoms with van der Waals surface area (Å²) in [4.78, 5) is 0. The summed E-state index contributed by atoms with van der Waals surface area (Å²) in [5, 5.41) is 8.99. The zero-order valence-corrected chi connectivity index (χ0v) is 13.2. The van der Waals surface area contributed by atoms with Gasteiger partial charge in [-0.1, -0.05) is 30.7 Å². The molecule has 114 valence electrons. The number of aromatic nitrogens is 3. The molecule has 1 aromatic heterocycles. The van der Waals surface area contributed by atoms with Gasteiger partial charge in [-0.05, 0) is 36.6 Å². The van der Waals surface area contributed by atoms with Crippen LogP contribution in [0, 0.1) is 5.92 Å². The Hall–Kier alpha value is -1.59. The number of ether oxygens (including phenoxy) is 1. The molecule has 0 aliphatic carbocycles. The van der Waals surface area contributed by atoms with Crippen molar-refractivity contribution in [2.75, 3.05) is 0 Å². The second-order valence-electron chi connectivity index (χ2n) is 5.34. The van der Waals surface area contributed by atoms with Crippen molar-refractivity contribution in [3.05, 3.63) is 40.7 Å². The van der Waals surface area contributed by atoms with E-state index in [9.17, 15) is 0 Å². The van der Waals surface area contributed by atoms with E-state index in [1.54, 1.807) is 12.1 Å². The molecular formula is C15H21ClN4O. The van der Waals surface area contributed by atoms with Gasteiger partial charge in [-0.3, -0.25) is 0 Å². The van der Waals surface area contributed by atoms with Crippen LogP contribution < -0.4 is 10.5 Å². The number of nitrogens with two attached hydrogens (primary N) is 1. The first-order chi connectivity index (χ1) is 10.1. The minimum Gasteiger partial charge on any atom is -0.487 e. The maximum Gasteiger partial charge on any atom is 0.132 e. The minimum absolute atomic E-state index is 0.362. The Morgan fingerprint density at radius 2 is 2.00 bits per heavy atom. The number of benzene rings is 1. The zero-order chi connectivity index (χ0) is 15.2. The van der Waals surface area contributed by atoms with Crippen molar-refractivity contribution < 1.29 is 4.74 Å². The quantitative estimate of drug-likeness (QED) is 0.854. The van der Waals surface area contributed by atoms with Crippen LogP contribution in [0.3, 0.4) is 0 Å². The van der Waals surface area contributed by atoms with Crippen LogP contribution in [0.5, 0.6) is 5.75 Å². The van der Waals surface area contributed by atoms with E-state index < -0.39 is 0 Å². The topological polar surface area (TPSA) is 66.0 Å². The Bertz CT molecular complexity index is 566. The summed E-state index contributed by atoms with van der Waals surface area (Å²) in [7, 11) is 0. The summed E-state index contributed by atoms with van der Waals surface area (Å²) in [6.07, 6.45) is 1.04. The fraction of sp³-hybridized carbons (Fsp3) is 0.467. The number of nitrogens with zero attached hydrogens (tertiary/aromatic N) is 3. The molecule has 0 spiro atoms. The van der Waals surface area contributed by atoms with Crippen molar-refractivity contribution in [3.8, 4) is 5.75 Å². The van der Waals surface area contributed by atoms with E-state index in [4.69, 9.17) is 22.1 Å². The van der Waals surface area contributed by atoms with E-state index >= 15 is 0 Å². The lowest BCUT2D eigenvalue weighted by Gasteiger charge is -2.11. The Balaban J connectivity index is 2.06. The first-order valence-electron chi connectivity index (χ1n) is 7.09. The molecular weight excluding hydrogens is 288 g/mol. The van der Waals surface area contributed by atoms with Crippen molar-refractivity contribution in [1.82, 2.24) is 15.0 Å². The summed E-state index contributed by atoms with van der Waals surface area (Å²) in [6.45, 7) is 5.96. The van der Waals surface area contributed by atoms with E-state index in [0.717, 1.165) is 30.1 Å². The van der Waals surface area contributed by atoms with E-state index in [0.29, 0.717) is 24.1 Å². The number of hydrogen-bond donors (Lipinski definition) is 1. The average molecular weight is 309 g/mol. The Labute approximate surface area is 130 Å². The Kier molecular flexibility index (Phi) is 5.59. The van der Waals surface area contributed by atoms with Crippen LogP contribution in [-0.2, 0) is 19.7 Å². The molecule has 0 saturated carbocycles. The van der Waals surface area contributed by atoms with Gasteiger partial charge in [-0.2, -0.15) is 0 Å². The van der Waals surface area contributed by atoms with Gasteiger partial charge in [0.2, 0.25) is 0 Å². The van der Waals surface area contributed by atoms with Crippen LogP contribution in [-0.4, -0.2) is 15.0 Å². The van der Waals surface area contributed by atoms with Gasteiger partial charge in [0.05, 0.1) is 0 Å². The molecule has 21 heavy (non-hydrogen) atoms. The zero-order valence-electron chi connectivity index (χ0n) is 12.4. The fourth-order valence-electron chi connectivity index (χ4n) is 1.93. The van der Waals surface area contributed by atoms with Crippen LogP contribution in [0.25, 0.3) is 0 Å². The third-order valence-corrected chi connectivity index (χ3v) is 3.47. The first kappa shape index (κ1) is 15.8. The lowest BCUT2D eigenvalue weighted by Crippen LogP contribution is -2.12. The molecule has 0 fully saturated rings. The molecule has 2 rings (SSSR count). The number of aryl methyl sites for hydroxylation is 1. The lowest BCUT2D eigenvalue weighted by molar-refractivity contribution is 0.288. The van der Waals surface area contributed by atoms with Crippen LogP contribution in [0.1, 0.15) is 31.7 Å². The molecule has 2 aromatic rings. The van der Waals surface area contributed by atoms with Gasteiger partial charge in [0, 0.05) is 18.1 Å². The molecule has 0 saturated heterocycles. The van der Waals surface area contributed by atoms with Gasteiger partial charge in [0.1, 0.15) is 23.7 Å². The monoisotopic (exact) mass is 308 g/mol. The average Bonchev–Trinajstić information content (AvgIpc) is 2.86. The van der Waals surface area contributed by atoms with Crippen LogP contribution in [0.4, 0.5) is 0 Å². The molecule has 6 heteroatoms. The highest BCUT2D eigenvalue weighted by atomic mass is 35.5.